The highest BCUT2D eigenvalue weighted by molar-refractivity contribution is 5.63. The van der Waals surface area contributed by atoms with Crippen LogP contribution in [0.4, 0.5) is 13.2 Å². The van der Waals surface area contributed by atoms with Crippen LogP contribution in [0, 0.1) is 0 Å². The summed E-state index contributed by atoms with van der Waals surface area (Å²) in [6.07, 6.45) is -2.55. The number of hydrogen-bond acceptors (Lipinski definition) is 1. The average Bonchev–Trinajstić information content (AvgIpc) is 2.74. The van der Waals surface area contributed by atoms with E-state index in [-0.39, 0.29) is 6.04 Å². The Morgan fingerprint density at radius 3 is 2.72 bits per heavy atom. The first-order valence-electron chi connectivity index (χ1n) is 5.71. The van der Waals surface area contributed by atoms with Crippen LogP contribution in [0.5, 0.6) is 0 Å². The Morgan fingerprint density at radius 2 is 2.00 bits per heavy atom. The van der Waals surface area contributed by atoms with E-state index in [0.29, 0.717) is 5.82 Å². The molecule has 5 heteroatoms. The second-order valence-electron chi connectivity index (χ2n) is 4.57. The maximum absolute atomic E-state index is 12.7. The van der Waals surface area contributed by atoms with Gasteiger partial charge in [0.15, 0.2) is 5.69 Å². The van der Waals surface area contributed by atoms with Crippen molar-refractivity contribution in [2.45, 2.75) is 25.6 Å². The molecule has 1 aliphatic heterocycles. The van der Waals surface area contributed by atoms with E-state index >= 15 is 0 Å². The predicted molar refractivity (Wildman–Crippen MR) is 61.1 cm³/mol. The molecule has 0 radical (unpaired) electrons. The summed E-state index contributed by atoms with van der Waals surface area (Å²) in [6, 6.07) is 7.48. The summed E-state index contributed by atoms with van der Waals surface area (Å²) in [4.78, 5) is 3.75. The number of aromatic nitrogens is 2. The second kappa shape index (κ2) is 3.60. The van der Waals surface area contributed by atoms with E-state index in [1.54, 1.807) is 4.57 Å². The Hall–Kier alpha value is -1.78. The summed E-state index contributed by atoms with van der Waals surface area (Å²) in [7, 11) is 0. The molecule has 0 fully saturated rings. The van der Waals surface area contributed by atoms with Crippen molar-refractivity contribution >= 4 is 0 Å². The summed E-state index contributed by atoms with van der Waals surface area (Å²) in [5.41, 5.74) is 1.03. The number of benzene rings is 1. The minimum absolute atomic E-state index is 0.00139. The average molecular weight is 252 g/mol. The van der Waals surface area contributed by atoms with Gasteiger partial charge in [0.1, 0.15) is 5.82 Å². The number of rotatable bonds is 0. The molecule has 2 aromatic rings. The third kappa shape index (κ3) is 1.62. The molecule has 0 aliphatic carbocycles. The summed E-state index contributed by atoms with van der Waals surface area (Å²) in [6.45, 7) is 1.90. The summed E-state index contributed by atoms with van der Waals surface area (Å²) in [5.74, 6) is 0.414. The molecular formula is C13H11F3N2. The Balaban J connectivity index is 2.21. The van der Waals surface area contributed by atoms with Crippen LogP contribution in [0.15, 0.2) is 30.5 Å². The van der Waals surface area contributed by atoms with E-state index in [1.807, 2.05) is 31.2 Å². The normalized spacial score (nSPS) is 18.3. The van der Waals surface area contributed by atoms with Gasteiger partial charge in [-0.2, -0.15) is 13.2 Å². The van der Waals surface area contributed by atoms with Crippen molar-refractivity contribution in [1.82, 2.24) is 9.55 Å². The van der Waals surface area contributed by atoms with Gasteiger partial charge in [-0.3, -0.25) is 0 Å². The molecule has 18 heavy (non-hydrogen) atoms. The molecule has 3 rings (SSSR count). The number of alkyl halides is 3. The molecule has 1 unspecified atom stereocenters. The molecule has 2 nitrogen and oxygen atoms in total. The lowest BCUT2D eigenvalue weighted by molar-refractivity contribution is -0.140. The Kier molecular flexibility index (Phi) is 2.27. The molecule has 0 bridgehead atoms. The van der Waals surface area contributed by atoms with E-state index in [0.717, 1.165) is 23.7 Å². The third-order valence-electron chi connectivity index (χ3n) is 3.27. The van der Waals surface area contributed by atoms with Crippen LogP contribution in [-0.4, -0.2) is 9.55 Å². The van der Waals surface area contributed by atoms with Crippen molar-refractivity contribution in [3.8, 4) is 11.4 Å². The first-order chi connectivity index (χ1) is 8.47. The largest absolute Gasteiger partial charge is 0.434 e. The van der Waals surface area contributed by atoms with Crippen LogP contribution < -0.4 is 0 Å². The van der Waals surface area contributed by atoms with Crippen molar-refractivity contribution in [2.75, 3.05) is 0 Å². The molecule has 2 heterocycles. The van der Waals surface area contributed by atoms with Crippen LogP contribution >= 0.6 is 0 Å². The number of imidazole rings is 1. The smallest absolute Gasteiger partial charge is 0.327 e. The van der Waals surface area contributed by atoms with E-state index in [9.17, 15) is 13.2 Å². The molecule has 0 N–H and O–H groups in total. The van der Waals surface area contributed by atoms with Gasteiger partial charge >= 0.3 is 6.18 Å². The Labute approximate surface area is 102 Å². The second-order valence-corrected chi connectivity index (χ2v) is 4.57. The SMILES string of the molecule is CC1Cc2ccccc2-c2nc(C(F)(F)F)cn21. The van der Waals surface area contributed by atoms with Gasteiger partial charge < -0.3 is 4.57 Å². The predicted octanol–water partition coefficient (Wildman–Crippen LogP) is 3.69. The summed E-state index contributed by atoms with van der Waals surface area (Å²) in [5, 5.41) is 0. The molecule has 1 atom stereocenters. The zero-order chi connectivity index (χ0) is 12.9. The zero-order valence-corrected chi connectivity index (χ0v) is 9.70. The zero-order valence-electron chi connectivity index (χ0n) is 9.70. The van der Waals surface area contributed by atoms with Gasteiger partial charge in [-0.1, -0.05) is 24.3 Å². The van der Waals surface area contributed by atoms with Crippen molar-refractivity contribution in [3.63, 3.8) is 0 Å². The lowest BCUT2D eigenvalue weighted by Crippen LogP contribution is -2.15. The first-order valence-corrected chi connectivity index (χ1v) is 5.71. The van der Waals surface area contributed by atoms with Crippen molar-refractivity contribution in [2.24, 2.45) is 0 Å². The fourth-order valence-corrected chi connectivity index (χ4v) is 2.40. The van der Waals surface area contributed by atoms with Crippen LogP contribution in [0.1, 0.15) is 24.2 Å². The standard InChI is InChI=1S/C13H11F3N2/c1-8-6-9-4-2-3-5-10(9)12-17-11(7-18(8)12)13(14,15)16/h2-5,7-8H,6H2,1H3. The highest BCUT2D eigenvalue weighted by Gasteiger charge is 2.36. The highest BCUT2D eigenvalue weighted by Crippen LogP contribution is 2.37. The lowest BCUT2D eigenvalue weighted by atomic mass is 9.96. The minimum atomic E-state index is -4.39. The van der Waals surface area contributed by atoms with E-state index in [4.69, 9.17) is 0 Å². The van der Waals surface area contributed by atoms with Gasteiger partial charge in [-0.25, -0.2) is 4.98 Å². The molecule has 94 valence electrons. The minimum Gasteiger partial charge on any atom is -0.327 e. The topological polar surface area (TPSA) is 17.8 Å². The molecule has 1 aliphatic rings. The highest BCUT2D eigenvalue weighted by atomic mass is 19.4. The van der Waals surface area contributed by atoms with E-state index < -0.39 is 11.9 Å². The quantitative estimate of drug-likeness (QED) is 0.699. The number of nitrogens with zero attached hydrogens (tertiary/aromatic N) is 2. The monoisotopic (exact) mass is 252 g/mol. The molecule has 0 saturated carbocycles. The third-order valence-corrected chi connectivity index (χ3v) is 3.27. The molecule has 1 aromatic carbocycles. The molecule has 1 aromatic heterocycles. The maximum atomic E-state index is 12.7. The van der Waals surface area contributed by atoms with Gasteiger partial charge in [0.2, 0.25) is 0 Å². The van der Waals surface area contributed by atoms with Gasteiger partial charge in [-0.05, 0) is 18.9 Å². The van der Waals surface area contributed by atoms with Gasteiger partial charge in [0.25, 0.3) is 0 Å². The molecule has 0 spiro atoms. The van der Waals surface area contributed by atoms with Crippen LogP contribution in [0.2, 0.25) is 0 Å². The summed E-state index contributed by atoms with van der Waals surface area (Å²) < 4.78 is 39.7. The maximum Gasteiger partial charge on any atom is 0.434 e. The van der Waals surface area contributed by atoms with Gasteiger partial charge in [0.05, 0.1) is 0 Å². The van der Waals surface area contributed by atoms with Gasteiger partial charge in [0, 0.05) is 17.8 Å². The van der Waals surface area contributed by atoms with Crippen LogP contribution in [-0.2, 0) is 12.6 Å². The molecular weight excluding hydrogens is 241 g/mol. The first kappa shape index (κ1) is 11.3. The van der Waals surface area contributed by atoms with Crippen molar-refractivity contribution < 1.29 is 13.2 Å². The van der Waals surface area contributed by atoms with E-state index in [1.165, 1.54) is 0 Å². The molecule has 0 saturated heterocycles. The molecule has 0 amide bonds. The number of fused-ring (bicyclic) bond motifs is 3. The summed E-state index contributed by atoms with van der Waals surface area (Å²) >= 11 is 0. The number of halogens is 3. The Bertz CT molecular complexity index is 599. The van der Waals surface area contributed by atoms with Crippen LogP contribution in [0.3, 0.4) is 0 Å². The number of hydrogen-bond donors (Lipinski definition) is 0. The van der Waals surface area contributed by atoms with Crippen molar-refractivity contribution in [3.05, 3.63) is 41.7 Å². The fraction of sp³-hybridized carbons (Fsp3) is 0.308. The van der Waals surface area contributed by atoms with E-state index in [2.05, 4.69) is 4.98 Å². The van der Waals surface area contributed by atoms with Gasteiger partial charge in [-0.15, -0.1) is 0 Å². The Morgan fingerprint density at radius 1 is 1.28 bits per heavy atom. The lowest BCUT2D eigenvalue weighted by Gasteiger charge is -2.23. The van der Waals surface area contributed by atoms with Crippen molar-refractivity contribution in [1.29, 1.82) is 0 Å². The van der Waals surface area contributed by atoms with Crippen LogP contribution in [0.25, 0.3) is 11.4 Å². The fourth-order valence-electron chi connectivity index (χ4n) is 2.40.